The van der Waals surface area contributed by atoms with Gasteiger partial charge in [-0.05, 0) is 12.1 Å². The van der Waals surface area contributed by atoms with Gasteiger partial charge in [0.15, 0.2) is 0 Å². The van der Waals surface area contributed by atoms with E-state index in [0.29, 0.717) is 6.04 Å². The van der Waals surface area contributed by atoms with Crippen molar-refractivity contribution in [2.75, 3.05) is 0 Å². The van der Waals surface area contributed by atoms with E-state index in [4.69, 9.17) is 0 Å². The molecule has 0 bridgehead atoms. The maximum atomic E-state index is 4.26. The van der Waals surface area contributed by atoms with Crippen LogP contribution < -0.4 is 0 Å². The van der Waals surface area contributed by atoms with Crippen LogP contribution in [0.1, 0.15) is 25.8 Å². The molecule has 0 aliphatic carbocycles. The van der Waals surface area contributed by atoms with Crippen molar-refractivity contribution in [3.05, 3.63) is 40.7 Å². The summed E-state index contributed by atoms with van der Waals surface area (Å²) in [4.78, 5) is 4.26. The molecule has 0 heterocycles. The van der Waals surface area contributed by atoms with Gasteiger partial charge in [0.05, 0.1) is 0 Å². The molecule has 0 spiro atoms. The smallest absolute Gasteiger partial charge is 0.0751 e. The number of rotatable bonds is 1. The van der Waals surface area contributed by atoms with Gasteiger partial charge < -0.3 is 0 Å². The average Bonchev–Trinajstić information content (AvgIpc) is 2.16. The molecule has 0 aromatic heterocycles. The normalized spacial score (nSPS) is 11.5. The molecule has 62 valence electrons. The van der Waals surface area contributed by atoms with Gasteiger partial charge in [-0.3, -0.25) is 0 Å². The SMILES string of the molecule is CCC(C)[N+]#Cc1ccccc1. The Bertz CT molecular complexity index is 279. The van der Waals surface area contributed by atoms with Crippen molar-refractivity contribution in [1.29, 1.82) is 0 Å². The van der Waals surface area contributed by atoms with E-state index in [9.17, 15) is 0 Å². The fourth-order valence-electron chi connectivity index (χ4n) is 0.789. The Kier molecular flexibility index (Phi) is 3.35. The fourth-order valence-corrected chi connectivity index (χ4v) is 0.789. The summed E-state index contributed by atoms with van der Waals surface area (Å²) in [6.45, 7) is 4.22. The monoisotopic (exact) mass is 160 g/mol. The maximum Gasteiger partial charge on any atom is 0.311 e. The first-order valence-corrected chi connectivity index (χ1v) is 4.34. The quantitative estimate of drug-likeness (QED) is 0.594. The standard InChI is InChI=1S/C11H14N/c1-3-10(2)12-9-11-7-5-4-6-8-11/h4-8,10H,3H2,1-2H3/q+1. The molecular formula is C11H14N+. The van der Waals surface area contributed by atoms with E-state index in [0.717, 1.165) is 12.0 Å². The number of hydrogen-bond donors (Lipinski definition) is 0. The van der Waals surface area contributed by atoms with E-state index in [1.807, 2.05) is 30.3 Å². The van der Waals surface area contributed by atoms with E-state index < -0.39 is 0 Å². The van der Waals surface area contributed by atoms with E-state index in [-0.39, 0.29) is 0 Å². The molecule has 1 aromatic rings. The van der Waals surface area contributed by atoms with Crippen molar-refractivity contribution in [1.82, 2.24) is 0 Å². The lowest BCUT2D eigenvalue weighted by atomic mass is 10.2. The molecular weight excluding hydrogens is 146 g/mol. The Balaban J connectivity index is 2.67. The first-order chi connectivity index (χ1) is 5.83. The molecule has 0 saturated heterocycles. The second kappa shape index (κ2) is 4.56. The molecule has 1 heteroatoms. The molecule has 12 heavy (non-hydrogen) atoms. The number of benzene rings is 1. The minimum atomic E-state index is 0.380. The molecule has 1 nitrogen and oxygen atoms in total. The van der Waals surface area contributed by atoms with Crippen LogP contribution in [-0.4, -0.2) is 6.04 Å². The van der Waals surface area contributed by atoms with Crippen LogP contribution in [0.4, 0.5) is 0 Å². The molecule has 0 amide bonds. The van der Waals surface area contributed by atoms with Crippen LogP contribution in [0.3, 0.4) is 0 Å². The van der Waals surface area contributed by atoms with Crippen molar-refractivity contribution in [3.63, 3.8) is 0 Å². The van der Waals surface area contributed by atoms with Crippen LogP contribution in [0, 0.1) is 6.07 Å². The molecule has 0 N–H and O–H groups in total. The van der Waals surface area contributed by atoms with Crippen LogP contribution in [0.25, 0.3) is 4.85 Å². The van der Waals surface area contributed by atoms with Crippen molar-refractivity contribution >= 4 is 0 Å². The van der Waals surface area contributed by atoms with E-state index >= 15 is 0 Å². The summed E-state index contributed by atoms with van der Waals surface area (Å²) in [5, 5.41) is 0. The minimum absolute atomic E-state index is 0.380. The molecule has 0 fully saturated rings. The molecule has 1 rings (SSSR count). The summed E-state index contributed by atoms with van der Waals surface area (Å²) >= 11 is 0. The number of nitrogens with zero attached hydrogens (tertiary/aromatic N) is 1. The lowest BCUT2D eigenvalue weighted by Gasteiger charge is -1.82. The van der Waals surface area contributed by atoms with Gasteiger partial charge in [0.25, 0.3) is 6.04 Å². The zero-order chi connectivity index (χ0) is 8.81. The predicted octanol–water partition coefficient (Wildman–Crippen LogP) is 3.17. The van der Waals surface area contributed by atoms with Crippen LogP contribution in [-0.2, 0) is 0 Å². The van der Waals surface area contributed by atoms with Gasteiger partial charge in [-0.1, -0.05) is 30.0 Å². The first-order valence-electron chi connectivity index (χ1n) is 4.34. The largest absolute Gasteiger partial charge is 0.311 e. The van der Waals surface area contributed by atoms with Gasteiger partial charge in [0.1, 0.15) is 5.56 Å². The molecule has 1 unspecified atom stereocenters. The lowest BCUT2D eigenvalue weighted by Crippen LogP contribution is -1.89. The summed E-state index contributed by atoms with van der Waals surface area (Å²) in [6.07, 6.45) is 1.07. The summed E-state index contributed by atoms with van der Waals surface area (Å²) in [5.74, 6) is 0. The predicted molar refractivity (Wildman–Crippen MR) is 52.5 cm³/mol. The third kappa shape index (κ3) is 2.75. The summed E-state index contributed by atoms with van der Waals surface area (Å²) in [5.41, 5.74) is 1.05. The number of hydrogen-bond acceptors (Lipinski definition) is 0. The first kappa shape index (κ1) is 8.80. The molecule has 0 radical (unpaired) electrons. The molecule has 0 aliphatic rings. The van der Waals surface area contributed by atoms with Crippen molar-refractivity contribution in [3.8, 4) is 6.07 Å². The van der Waals surface area contributed by atoms with Crippen LogP contribution >= 0.6 is 0 Å². The highest BCUT2D eigenvalue weighted by atomic mass is 14.7. The summed E-state index contributed by atoms with van der Waals surface area (Å²) in [7, 11) is 0. The van der Waals surface area contributed by atoms with E-state index in [1.54, 1.807) is 0 Å². The summed E-state index contributed by atoms with van der Waals surface area (Å²) in [6, 6.07) is 13.4. The highest BCUT2D eigenvalue weighted by Gasteiger charge is 2.03. The van der Waals surface area contributed by atoms with Crippen molar-refractivity contribution < 1.29 is 0 Å². The fraction of sp³-hybridized carbons (Fsp3) is 0.364. The average molecular weight is 160 g/mol. The van der Waals surface area contributed by atoms with Gasteiger partial charge in [-0.2, -0.15) is 0 Å². The molecule has 0 saturated carbocycles. The highest BCUT2D eigenvalue weighted by molar-refractivity contribution is 5.30. The minimum Gasteiger partial charge on any atom is -0.0751 e. The van der Waals surface area contributed by atoms with E-state index in [1.165, 1.54) is 0 Å². The Hall–Kier alpha value is -1.29. The Labute approximate surface area is 73.9 Å². The Morgan fingerprint density at radius 1 is 1.33 bits per heavy atom. The van der Waals surface area contributed by atoms with Crippen molar-refractivity contribution in [2.45, 2.75) is 26.3 Å². The van der Waals surface area contributed by atoms with Crippen LogP contribution in [0.5, 0.6) is 0 Å². The Morgan fingerprint density at radius 2 is 2.00 bits per heavy atom. The molecule has 1 atom stereocenters. The molecule has 0 aliphatic heterocycles. The van der Waals surface area contributed by atoms with Gasteiger partial charge >= 0.3 is 6.07 Å². The zero-order valence-corrected chi connectivity index (χ0v) is 7.62. The third-order valence-corrected chi connectivity index (χ3v) is 1.78. The van der Waals surface area contributed by atoms with E-state index in [2.05, 4.69) is 24.8 Å². The van der Waals surface area contributed by atoms with Crippen LogP contribution in [0.15, 0.2) is 30.3 Å². The van der Waals surface area contributed by atoms with Crippen LogP contribution in [0.2, 0.25) is 0 Å². The van der Waals surface area contributed by atoms with Gasteiger partial charge in [-0.25, -0.2) is 0 Å². The highest BCUT2D eigenvalue weighted by Crippen LogP contribution is 1.99. The maximum absolute atomic E-state index is 4.26. The van der Waals surface area contributed by atoms with Gasteiger partial charge in [0.2, 0.25) is 0 Å². The third-order valence-electron chi connectivity index (χ3n) is 1.78. The van der Waals surface area contributed by atoms with Gasteiger partial charge in [-0.15, -0.1) is 0 Å². The second-order valence-electron chi connectivity index (χ2n) is 2.86. The molecule has 1 aromatic carbocycles. The van der Waals surface area contributed by atoms with Crippen molar-refractivity contribution in [2.24, 2.45) is 0 Å². The summed E-state index contributed by atoms with van der Waals surface area (Å²) < 4.78 is 0. The Morgan fingerprint density at radius 3 is 2.58 bits per heavy atom. The zero-order valence-electron chi connectivity index (χ0n) is 7.62. The van der Waals surface area contributed by atoms with Gasteiger partial charge in [0, 0.05) is 13.3 Å². The lowest BCUT2D eigenvalue weighted by molar-refractivity contribution is 0.815. The topological polar surface area (TPSA) is 4.36 Å². The second-order valence-corrected chi connectivity index (χ2v) is 2.86.